The van der Waals surface area contributed by atoms with Crippen molar-refractivity contribution in [3.8, 4) is 5.75 Å². The maximum atomic E-state index is 11.8. The quantitative estimate of drug-likeness (QED) is 0.184. The van der Waals surface area contributed by atoms with Gasteiger partial charge in [-0.2, -0.15) is 0 Å². The summed E-state index contributed by atoms with van der Waals surface area (Å²) in [6.07, 6.45) is 1.39. The number of aliphatic imine (C=N–C) groups is 1. The molecule has 1 rings (SSSR count). The largest absolute Gasteiger partial charge is 0.491 e. The summed E-state index contributed by atoms with van der Waals surface area (Å²) in [6, 6.07) is 7.75. The van der Waals surface area contributed by atoms with E-state index in [2.05, 4.69) is 29.5 Å². The summed E-state index contributed by atoms with van der Waals surface area (Å²) in [5.74, 6) is 2.09. The number of nitrogens with zero attached hydrogens (tertiary/aromatic N) is 2. The zero-order valence-corrected chi connectivity index (χ0v) is 21.6. The molecule has 0 atom stereocenters. The Kier molecular flexibility index (Phi) is 15.3. The third-order valence-electron chi connectivity index (χ3n) is 3.79. The van der Waals surface area contributed by atoms with Crippen LogP contribution in [0.3, 0.4) is 0 Å². The molecule has 0 spiro atoms. The first-order chi connectivity index (χ1) is 13.8. The molecule has 172 valence electrons. The summed E-state index contributed by atoms with van der Waals surface area (Å²) in [5, 5.41) is 6.52. The lowest BCUT2D eigenvalue weighted by molar-refractivity contribution is -0.128. The van der Waals surface area contributed by atoms with Crippen LogP contribution >= 0.6 is 24.0 Å². The Labute approximate surface area is 199 Å². The molecule has 1 aromatic rings. The lowest BCUT2D eigenvalue weighted by atomic mass is 10.2. The van der Waals surface area contributed by atoms with Crippen molar-refractivity contribution in [2.24, 2.45) is 10.9 Å². The highest BCUT2D eigenvalue weighted by atomic mass is 127. The molecule has 8 heteroatoms. The molecule has 0 aromatic heterocycles. The molecular formula is C22H39IN4O3. The summed E-state index contributed by atoms with van der Waals surface area (Å²) in [5.41, 5.74) is 0.905. The lowest BCUT2D eigenvalue weighted by Gasteiger charge is -2.15. The first-order valence-corrected chi connectivity index (χ1v) is 10.4. The Bertz CT molecular complexity index is 619. The SMILES string of the molecule is CC(C)COCCCN=C(NCCC(=O)N(C)C)Nc1ccc(OC(C)C)cc1.I. The van der Waals surface area contributed by atoms with E-state index in [1.54, 1.807) is 19.0 Å². The number of guanidine groups is 1. The van der Waals surface area contributed by atoms with Crippen molar-refractivity contribution < 1.29 is 14.3 Å². The predicted octanol–water partition coefficient (Wildman–Crippen LogP) is 3.99. The van der Waals surface area contributed by atoms with Crippen LogP contribution in [-0.2, 0) is 9.53 Å². The van der Waals surface area contributed by atoms with E-state index in [0.717, 1.165) is 24.5 Å². The number of nitrogens with one attached hydrogen (secondary N) is 2. The van der Waals surface area contributed by atoms with E-state index in [4.69, 9.17) is 9.47 Å². The molecule has 1 amide bonds. The van der Waals surface area contributed by atoms with Crippen LogP contribution in [-0.4, -0.2) is 63.3 Å². The molecule has 0 fully saturated rings. The highest BCUT2D eigenvalue weighted by Gasteiger charge is 2.06. The van der Waals surface area contributed by atoms with E-state index in [1.165, 1.54) is 0 Å². The van der Waals surface area contributed by atoms with E-state index in [0.29, 0.717) is 38.0 Å². The topological polar surface area (TPSA) is 75.2 Å². The normalized spacial score (nSPS) is 11.3. The van der Waals surface area contributed by atoms with Crippen LogP contribution in [0.1, 0.15) is 40.5 Å². The Morgan fingerprint density at radius 3 is 2.37 bits per heavy atom. The molecule has 2 N–H and O–H groups in total. The van der Waals surface area contributed by atoms with Crippen molar-refractivity contribution in [2.45, 2.75) is 46.6 Å². The average molecular weight is 534 g/mol. The molecule has 0 aliphatic carbocycles. The molecule has 0 bridgehead atoms. The number of anilines is 1. The fourth-order valence-electron chi connectivity index (χ4n) is 2.35. The first kappa shape index (κ1) is 28.5. The maximum Gasteiger partial charge on any atom is 0.223 e. The summed E-state index contributed by atoms with van der Waals surface area (Å²) < 4.78 is 11.3. The Balaban J connectivity index is 0.00000841. The molecule has 0 aliphatic rings. The zero-order chi connectivity index (χ0) is 21.6. The number of ether oxygens (including phenoxy) is 2. The third-order valence-corrected chi connectivity index (χ3v) is 3.79. The van der Waals surface area contributed by atoms with Gasteiger partial charge in [0, 0.05) is 52.5 Å². The fraction of sp³-hybridized carbons (Fsp3) is 0.636. The van der Waals surface area contributed by atoms with E-state index in [1.807, 2.05) is 38.1 Å². The van der Waals surface area contributed by atoms with E-state index >= 15 is 0 Å². The van der Waals surface area contributed by atoms with Crippen LogP contribution in [0.4, 0.5) is 5.69 Å². The van der Waals surface area contributed by atoms with Crippen LogP contribution < -0.4 is 15.4 Å². The molecule has 0 saturated carbocycles. The highest BCUT2D eigenvalue weighted by Crippen LogP contribution is 2.16. The molecule has 30 heavy (non-hydrogen) atoms. The second-order valence-electron chi connectivity index (χ2n) is 7.83. The Morgan fingerprint density at radius 2 is 1.80 bits per heavy atom. The summed E-state index contributed by atoms with van der Waals surface area (Å²) in [4.78, 5) is 18.0. The third kappa shape index (κ3) is 13.6. The average Bonchev–Trinajstić information content (AvgIpc) is 2.64. The van der Waals surface area contributed by atoms with Crippen molar-refractivity contribution >= 4 is 41.5 Å². The monoisotopic (exact) mass is 534 g/mol. The smallest absolute Gasteiger partial charge is 0.223 e. The van der Waals surface area contributed by atoms with Gasteiger partial charge in [-0.1, -0.05) is 13.8 Å². The van der Waals surface area contributed by atoms with Crippen molar-refractivity contribution in [1.29, 1.82) is 0 Å². The molecule has 0 heterocycles. The van der Waals surface area contributed by atoms with E-state index < -0.39 is 0 Å². The highest BCUT2D eigenvalue weighted by molar-refractivity contribution is 14.0. The van der Waals surface area contributed by atoms with Crippen LogP contribution in [0.15, 0.2) is 29.3 Å². The molecule has 0 unspecified atom stereocenters. The first-order valence-electron chi connectivity index (χ1n) is 10.4. The number of rotatable bonds is 12. The molecular weight excluding hydrogens is 495 g/mol. The van der Waals surface area contributed by atoms with Crippen molar-refractivity contribution in [3.05, 3.63) is 24.3 Å². The number of hydrogen-bond acceptors (Lipinski definition) is 4. The van der Waals surface area contributed by atoms with Crippen LogP contribution in [0, 0.1) is 5.92 Å². The van der Waals surface area contributed by atoms with E-state index in [-0.39, 0.29) is 36.0 Å². The summed E-state index contributed by atoms with van der Waals surface area (Å²) in [7, 11) is 3.51. The second-order valence-corrected chi connectivity index (χ2v) is 7.83. The van der Waals surface area contributed by atoms with Gasteiger partial charge in [0.05, 0.1) is 6.10 Å². The molecule has 0 saturated heterocycles. The molecule has 0 radical (unpaired) electrons. The van der Waals surface area contributed by atoms with Gasteiger partial charge >= 0.3 is 0 Å². The minimum absolute atomic E-state index is 0. The van der Waals surface area contributed by atoms with Crippen LogP contribution in [0.5, 0.6) is 5.75 Å². The van der Waals surface area contributed by atoms with Crippen molar-refractivity contribution in [2.75, 3.05) is 45.7 Å². The Morgan fingerprint density at radius 1 is 1.13 bits per heavy atom. The Hall–Kier alpha value is -1.55. The maximum absolute atomic E-state index is 11.8. The van der Waals surface area contributed by atoms with Gasteiger partial charge in [0.15, 0.2) is 5.96 Å². The van der Waals surface area contributed by atoms with E-state index in [9.17, 15) is 4.79 Å². The number of benzene rings is 1. The van der Waals surface area contributed by atoms with Gasteiger partial charge in [0.2, 0.25) is 5.91 Å². The zero-order valence-electron chi connectivity index (χ0n) is 19.2. The number of halogens is 1. The van der Waals surface area contributed by atoms with Gasteiger partial charge in [0.1, 0.15) is 5.75 Å². The van der Waals surface area contributed by atoms with Gasteiger partial charge in [-0.15, -0.1) is 24.0 Å². The number of hydrogen-bond donors (Lipinski definition) is 2. The minimum atomic E-state index is 0. The fourth-order valence-corrected chi connectivity index (χ4v) is 2.35. The molecule has 0 aliphatic heterocycles. The number of amides is 1. The van der Waals surface area contributed by atoms with Crippen molar-refractivity contribution in [3.63, 3.8) is 0 Å². The summed E-state index contributed by atoms with van der Waals surface area (Å²) in [6.45, 7) is 10.9. The van der Waals surface area contributed by atoms with Gasteiger partial charge in [-0.05, 0) is 50.5 Å². The standard InChI is InChI=1S/C22H38N4O3.HI/c1-17(2)16-28-15-7-13-23-22(24-14-12-21(27)26(5)6)25-19-8-10-20(11-9-19)29-18(3)4;/h8-11,17-18H,7,12-16H2,1-6H3,(H2,23,24,25);1H. The van der Waals surface area contributed by atoms with Gasteiger partial charge in [-0.25, -0.2) is 0 Å². The summed E-state index contributed by atoms with van der Waals surface area (Å²) >= 11 is 0. The number of carbonyl (C=O) groups is 1. The predicted molar refractivity (Wildman–Crippen MR) is 135 cm³/mol. The molecule has 7 nitrogen and oxygen atoms in total. The van der Waals surface area contributed by atoms with Crippen molar-refractivity contribution in [1.82, 2.24) is 10.2 Å². The molecule has 1 aromatic carbocycles. The van der Waals surface area contributed by atoms with Gasteiger partial charge in [0.25, 0.3) is 0 Å². The van der Waals surface area contributed by atoms with Gasteiger partial charge < -0.3 is 25.0 Å². The number of carbonyl (C=O) groups excluding carboxylic acids is 1. The minimum Gasteiger partial charge on any atom is -0.491 e. The second kappa shape index (κ2) is 16.2. The van der Waals surface area contributed by atoms with Crippen LogP contribution in [0.2, 0.25) is 0 Å². The van der Waals surface area contributed by atoms with Gasteiger partial charge in [-0.3, -0.25) is 9.79 Å². The lowest BCUT2D eigenvalue weighted by Crippen LogP contribution is -2.34. The van der Waals surface area contributed by atoms with Crippen LogP contribution in [0.25, 0.3) is 0 Å².